The topological polar surface area (TPSA) is 32.3 Å². The largest absolute Gasteiger partial charge is 0.325 e. The molecule has 1 N–H and O–H groups in total. The zero-order valence-electron chi connectivity index (χ0n) is 6.16. The van der Waals surface area contributed by atoms with Crippen LogP contribution < -0.4 is 5.43 Å². The Labute approximate surface area is 60.7 Å². The van der Waals surface area contributed by atoms with Crippen molar-refractivity contribution in [2.75, 3.05) is 0 Å². The molecule has 1 radical (unpaired) electrons. The van der Waals surface area contributed by atoms with Crippen LogP contribution >= 0.6 is 0 Å². The maximum atomic E-state index is 9.95. The van der Waals surface area contributed by atoms with Crippen molar-refractivity contribution in [2.45, 2.75) is 25.9 Å². The van der Waals surface area contributed by atoms with Gasteiger partial charge in [-0.1, -0.05) is 12.2 Å². The maximum absolute atomic E-state index is 9.95. The van der Waals surface area contributed by atoms with Gasteiger partial charge in [-0.05, 0) is 13.8 Å². The highest BCUT2D eigenvalue weighted by Gasteiger charge is 2.20. The average molecular weight is 139 g/mol. The number of hydrogen-bond acceptors (Lipinski definition) is 2. The van der Waals surface area contributed by atoms with Gasteiger partial charge in [-0.2, -0.15) is 0 Å². The predicted octanol–water partition coefficient (Wildman–Crippen LogP) is 0.207. The van der Waals surface area contributed by atoms with E-state index < -0.39 is 0 Å². The third-order valence-electron chi connectivity index (χ3n) is 1.72. The lowest BCUT2D eigenvalue weighted by atomic mass is 10.4. The van der Waals surface area contributed by atoms with Gasteiger partial charge in [-0.3, -0.25) is 10.2 Å². The van der Waals surface area contributed by atoms with Crippen LogP contribution in [-0.4, -0.2) is 23.5 Å². The zero-order valence-corrected chi connectivity index (χ0v) is 6.16. The molecule has 1 rings (SSSR count). The van der Waals surface area contributed by atoms with Crippen LogP contribution in [0.2, 0.25) is 0 Å². The molecule has 0 saturated carbocycles. The van der Waals surface area contributed by atoms with Crippen LogP contribution in [0.3, 0.4) is 0 Å². The van der Waals surface area contributed by atoms with Gasteiger partial charge in [-0.15, -0.1) is 0 Å². The second kappa shape index (κ2) is 2.84. The van der Waals surface area contributed by atoms with Crippen molar-refractivity contribution in [2.24, 2.45) is 0 Å². The van der Waals surface area contributed by atoms with Crippen molar-refractivity contribution < 1.29 is 4.79 Å². The Hall–Kier alpha value is -0.830. The smallest absolute Gasteiger partial charge is 0.279 e. The van der Waals surface area contributed by atoms with Gasteiger partial charge < -0.3 is 0 Å². The number of hydrazine groups is 1. The van der Waals surface area contributed by atoms with E-state index in [1.165, 1.54) is 0 Å². The fourth-order valence-electron chi connectivity index (χ4n) is 1.13. The van der Waals surface area contributed by atoms with Crippen molar-refractivity contribution in [3.05, 3.63) is 12.2 Å². The third kappa shape index (κ3) is 1.19. The molecule has 1 heterocycles. The lowest BCUT2D eigenvalue weighted by Crippen LogP contribution is -2.44. The first-order valence-electron chi connectivity index (χ1n) is 3.35. The molecule has 0 aromatic rings. The molecule has 55 valence electrons. The molecule has 0 aliphatic carbocycles. The van der Waals surface area contributed by atoms with E-state index in [0.29, 0.717) is 0 Å². The van der Waals surface area contributed by atoms with Gasteiger partial charge in [0.1, 0.15) is 0 Å². The summed E-state index contributed by atoms with van der Waals surface area (Å²) < 4.78 is 0. The second-order valence-electron chi connectivity index (χ2n) is 2.49. The van der Waals surface area contributed by atoms with Gasteiger partial charge in [0.25, 0.3) is 0 Å². The SMILES string of the molecule is CC1C=CC(C)N1N[C]=O. The Kier molecular flexibility index (Phi) is 2.06. The molecule has 0 aromatic carbocycles. The number of nitrogens with one attached hydrogen (secondary N) is 1. The fourth-order valence-corrected chi connectivity index (χ4v) is 1.13. The summed E-state index contributed by atoms with van der Waals surface area (Å²) in [4.78, 5) is 9.95. The Balaban J connectivity index is 2.51. The maximum Gasteiger partial charge on any atom is 0.325 e. The molecule has 10 heavy (non-hydrogen) atoms. The molecule has 1 amide bonds. The summed E-state index contributed by atoms with van der Waals surface area (Å²) >= 11 is 0. The highest BCUT2D eigenvalue weighted by molar-refractivity contribution is 5.46. The molecule has 3 heteroatoms. The van der Waals surface area contributed by atoms with Crippen LogP contribution in [0, 0.1) is 0 Å². The van der Waals surface area contributed by atoms with E-state index >= 15 is 0 Å². The van der Waals surface area contributed by atoms with Gasteiger partial charge >= 0.3 is 6.41 Å². The lowest BCUT2D eigenvalue weighted by molar-refractivity contribution is 0.188. The number of carbonyl (C=O) groups excluding carboxylic acids is 1. The van der Waals surface area contributed by atoms with Crippen LogP contribution in [0.4, 0.5) is 0 Å². The Morgan fingerprint density at radius 1 is 1.40 bits per heavy atom. The molecule has 0 aromatic heterocycles. The van der Waals surface area contributed by atoms with Gasteiger partial charge in [-0.25, -0.2) is 5.01 Å². The number of hydrogen-bond donors (Lipinski definition) is 1. The fraction of sp³-hybridized carbons (Fsp3) is 0.571. The van der Waals surface area contributed by atoms with Crippen molar-refractivity contribution in [1.82, 2.24) is 10.4 Å². The van der Waals surface area contributed by atoms with Crippen LogP contribution in [0.1, 0.15) is 13.8 Å². The summed E-state index contributed by atoms with van der Waals surface area (Å²) in [6.45, 7) is 4.04. The molecular formula is C7H11N2O. The Morgan fingerprint density at radius 3 is 2.30 bits per heavy atom. The molecule has 0 spiro atoms. The standard InChI is InChI=1S/C7H11N2O/c1-6-3-4-7(2)9(6)8-5-10/h3-4,6-7H,1-2H3,(H,8,10). The molecule has 2 atom stereocenters. The van der Waals surface area contributed by atoms with E-state index in [0.717, 1.165) is 0 Å². The number of nitrogens with zero attached hydrogens (tertiary/aromatic N) is 1. The van der Waals surface area contributed by atoms with Crippen LogP contribution in [0.15, 0.2) is 12.2 Å². The minimum atomic E-state index is 0.288. The van der Waals surface area contributed by atoms with E-state index in [-0.39, 0.29) is 12.1 Å². The molecule has 0 bridgehead atoms. The molecule has 0 saturated heterocycles. The Bertz CT molecular complexity index is 144. The first-order valence-corrected chi connectivity index (χ1v) is 3.35. The van der Waals surface area contributed by atoms with E-state index in [2.05, 4.69) is 17.6 Å². The second-order valence-corrected chi connectivity index (χ2v) is 2.49. The molecule has 0 fully saturated rings. The average Bonchev–Trinajstić information content (AvgIpc) is 2.20. The van der Waals surface area contributed by atoms with Crippen molar-refractivity contribution in [3.63, 3.8) is 0 Å². The van der Waals surface area contributed by atoms with Crippen molar-refractivity contribution in [1.29, 1.82) is 0 Å². The van der Waals surface area contributed by atoms with Crippen molar-refractivity contribution >= 4 is 6.41 Å². The highest BCUT2D eigenvalue weighted by atomic mass is 16.1. The Morgan fingerprint density at radius 2 is 1.90 bits per heavy atom. The van der Waals surface area contributed by atoms with E-state index in [9.17, 15) is 4.79 Å². The van der Waals surface area contributed by atoms with E-state index in [1.54, 1.807) is 6.41 Å². The van der Waals surface area contributed by atoms with Gasteiger partial charge in [0.15, 0.2) is 0 Å². The van der Waals surface area contributed by atoms with Gasteiger partial charge in [0.05, 0.1) is 0 Å². The van der Waals surface area contributed by atoms with E-state index in [1.807, 2.05) is 18.9 Å². The summed E-state index contributed by atoms with van der Waals surface area (Å²) in [6, 6.07) is 0.577. The summed E-state index contributed by atoms with van der Waals surface area (Å²) in [6.07, 6.45) is 5.76. The molecule has 1 aliphatic rings. The van der Waals surface area contributed by atoms with Crippen LogP contribution in [0.25, 0.3) is 0 Å². The van der Waals surface area contributed by atoms with Gasteiger partial charge in [0.2, 0.25) is 0 Å². The van der Waals surface area contributed by atoms with Crippen molar-refractivity contribution in [3.8, 4) is 0 Å². The normalized spacial score (nSPS) is 32.6. The minimum absolute atomic E-state index is 0.288. The predicted molar refractivity (Wildman–Crippen MR) is 38.7 cm³/mol. The first kappa shape index (κ1) is 7.28. The monoisotopic (exact) mass is 139 g/mol. The zero-order chi connectivity index (χ0) is 7.56. The van der Waals surface area contributed by atoms with E-state index in [4.69, 9.17) is 0 Å². The lowest BCUT2D eigenvalue weighted by Gasteiger charge is -2.23. The number of rotatable bonds is 2. The summed E-state index contributed by atoms with van der Waals surface area (Å²) in [5, 5.41) is 1.84. The molecular weight excluding hydrogens is 128 g/mol. The molecule has 3 nitrogen and oxygen atoms in total. The molecule has 1 aliphatic heterocycles. The summed E-state index contributed by atoms with van der Waals surface area (Å²) in [5.74, 6) is 0. The highest BCUT2D eigenvalue weighted by Crippen LogP contribution is 2.11. The van der Waals surface area contributed by atoms with Gasteiger partial charge in [0, 0.05) is 12.1 Å². The van der Waals surface area contributed by atoms with Crippen LogP contribution in [0.5, 0.6) is 0 Å². The van der Waals surface area contributed by atoms with Crippen LogP contribution in [-0.2, 0) is 4.79 Å². The quantitative estimate of drug-likeness (QED) is 0.438. The third-order valence-corrected chi connectivity index (χ3v) is 1.72. The minimum Gasteiger partial charge on any atom is -0.279 e. The first-order chi connectivity index (χ1) is 4.75. The summed E-state index contributed by atoms with van der Waals surface area (Å²) in [7, 11) is 0. The number of amides is 1. The summed E-state index contributed by atoms with van der Waals surface area (Å²) in [5.41, 5.74) is 2.51. The molecule has 2 unspecified atom stereocenters.